The molecule has 2 aliphatic rings. The molecule has 0 aliphatic carbocycles. The van der Waals surface area contributed by atoms with E-state index in [1.54, 1.807) is 35.9 Å². The number of halogens is 1. The molecular formula is C23H22ClN5O4. The van der Waals surface area contributed by atoms with E-state index in [2.05, 4.69) is 20.7 Å². The van der Waals surface area contributed by atoms with Gasteiger partial charge in [0.2, 0.25) is 5.95 Å². The van der Waals surface area contributed by atoms with Gasteiger partial charge in [0.1, 0.15) is 12.6 Å². The molecule has 0 fully saturated rings. The molecule has 1 aromatic heterocycles. The van der Waals surface area contributed by atoms with Gasteiger partial charge in [-0.1, -0.05) is 29.8 Å². The summed E-state index contributed by atoms with van der Waals surface area (Å²) in [5, 5.41) is 20.5. The van der Waals surface area contributed by atoms with Crippen LogP contribution in [0.3, 0.4) is 0 Å². The molecular weight excluding hydrogens is 446 g/mol. The lowest BCUT2D eigenvalue weighted by atomic mass is 9.94. The number of hydrogen-bond donors (Lipinski definition) is 3. The van der Waals surface area contributed by atoms with Gasteiger partial charge in [-0.05, 0) is 36.8 Å². The first-order valence-corrected chi connectivity index (χ1v) is 10.9. The highest BCUT2D eigenvalue weighted by Crippen LogP contribution is 2.40. The molecule has 9 nitrogen and oxygen atoms in total. The van der Waals surface area contributed by atoms with Crippen LogP contribution in [-0.4, -0.2) is 39.0 Å². The second kappa shape index (κ2) is 8.76. The summed E-state index contributed by atoms with van der Waals surface area (Å²) in [6.45, 7) is 2.60. The van der Waals surface area contributed by atoms with Gasteiger partial charge in [-0.3, -0.25) is 4.79 Å². The smallest absolute Gasteiger partial charge is 0.255 e. The Bertz CT molecular complexity index is 1260. The van der Waals surface area contributed by atoms with Crippen LogP contribution in [0.1, 0.15) is 30.8 Å². The second-order valence-corrected chi connectivity index (χ2v) is 8.12. The van der Waals surface area contributed by atoms with Crippen molar-refractivity contribution >= 4 is 29.1 Å². The summed E-state index contributed by atoms with van der Waals surface area (Å²) in [5.41, 5.74) is 2.31. The first-order valence-electron chi connectivity index (χ1n) is 10.5. The van der Waals surface area contributed by atoms with E-state index < -0.39 is 6.04 Å². The Morgan fingerprint density at radius 3 is 2.82 bits per heavy atom. The van der Waals surface area contributed by atoms with Crippen LogP contribution >= 0.6 is 11.6 Å². The Morgan fingerprint density at radius 1 is 1.24 bits per heavy atom. The summed E-state index contributed by atoms with van der Waals surface area (Å²) >= 11 is 6.26. The van der Waals surface area contributed by atoms with Crippen LogP contribution < -0.4 is 20.1 Å². The minimum Gasteiger partial charge on any atom is -0.490 e. The Morgan fingerprint density at radius 2 is 2.03 bits per heavy atom. The third-order valence-corrected chi connectivity index (χ3v) is 5.82. The van der Waals surface area contributed by atoms with E-state index in [1.807, 2.05) is 18.2 Å². The number of anilines is 2. The molecule has 1 unspecified atom stereocenters. The average Bonchev–Trinajstić information content (AvgIpc) is 3.07. The van der Waals surface area contributed by atoms with Crippen molar-refractivity contribution in [1.82, 2.24) is 14.8 Å². The number of rotatable bonds is 4. The number of allylic oxidation sites excluding steroid dienone is 1. The topological polar surface area (TPSA) is 111 Å². The highest BCUT2D eigenvalue weighted by atomic mass is 35.5. The standard InChI is InChI=1S/C23H22ClN5O4/c1-13-20(22(31)26-16-6-3-2-5-15(16)24)21(29-23(25-13)27-19(12-30)28-29)14-7-8-17-18(11-14)33-10-4-9-32-17/h2-3,5-8,11,21,30H,4,9-10,12H2,1H3,(H,26,31)(H,25,27,28). The zero-order valence-electron chi connectivity index (χ0n) is 17.8. The summed E-state index contributed by atoms with van der Waals surface area (Å²) in [5.74, 6) is 1.61. The number of nitrogens with one attached hydrogen (secondary N) is 2. The molecule has 170 valence electrons. The number of carbonyl (C=O) groups is 1. The van der Waals surface area contributed by atoms with Crippen molar-refractivity contribution in [2.24, 2.45) is 0 Å². The first kappa shape index (κ1) is 21.3. The van der Waals surface area contributed by atoms with Gasteiger partial charge >= 0.3 is 0 Å². The van der Waals surface area contributed by atoms with E-state index in [0.717, 1.165) is 12.0 Å². The van der Waals surface area contributed by atoms with Gasteiger partial charge in [0.25, 0.3) is 5.91 Å². The van der Waals surface area contributed by atoms with E-state index in [0.29, 0.717) is 52.6 Å². The maximum Gasteiger partial charge on any atom is 0.255 e. The second-order valence-electron chi connectivity index (χ2n) is 7.71. The van der Waals surface area contributed by atoms with Gasteiger partial charge in [-0.25, -0.2) is 4.68 Å². The lowest BCUT2D eigenvalue weighted by Crippen LogP contribution is -2.31. The van der Waals surface area contributed by atoms with Crippen molar-refractivity contribution in [3.63, 3.8) is 0 Å². The molecule has 2 aromatic carbocycles. The van der Waals surface area contributed by atoms with E-state index >= 15 is 0 Å². The normalized spacial score (nSPS) is 17.1. The number of aromatic nitrogens is 3. The maximum atomic E-state index is 13.5. The molecule has 0 spiro atoms. The predicted molar refractivity (Wildman–Crippen MR) is 123 cm³/mol. The fourth-order valence-electron chi connectivity index (χ4n) is 3.97. The van der Waals surface area contributed by atoms with Crippen molar-refractivity contribution < 1.29 is 19.4 Å². The quantitative estimate of drug-likeness (QED) is 0.538. The molecule has 0 saturated carbocycles. The number of hydrogen-bond acceptors (Lipinski definition) is 7. The highest BCUT2D eigenvalue weighted by molar-refractivity contribution is 6.33. The SMILES string of the molecule is CC1=C(C(=O)Nc2ccccc2Cl)C(c2ccc3c(c2)OCCCO3)n2nc(CO)nc2N1. The first-order chi connectivity index (χ1) is 16.0. The van der Waals surface area contributed by atoms with Crippen molar-refractivity contribution in [3.8, 4) is 11.5 Å². The number of ether oxygens (including phenoxy) is 2. The number of aliphatic hydroxyl groups is 1. The van der Waals surface area contributed by atoms with Crippen molar-refractivity contribution in [2.45, 2.75) is 26.0 Å². The molecule has 10 heteroatoms. The summed E-state index contributed by atoms with van der Waals surface area (Å²) in [4.78, 5) is 17.8. The van der Waals surface area contributed by atoms with Crippen molar-refractivity contribution in [3.05, 3.63) is 70.1 Å². The van der Waals surface area contributed by atoms with E-state index in [9.17, 15) is 9.90 Å². The third kappa shape index (κ3) is 4.01. The summed E-state index contributed by atoms with van der Waals surface area (Å²) in [6, 6.07) is 12.0. The van der Waals surface area contributed by atoms with E-state index in [1.165, 1.54) is 0 Å². The largest absolute Gasteiger partial charge is 0.490 e. The molecule has 3 N–H and O–H groups in total. The fraction of sp³-hybridized carbons (Fsp3) is 0.261. The minimum atomic E-state index is -0.617. The number of amides is 1. The summed E-state index contributed by atoms with van der Waals surface area (Å²) in [6.07, 6.45) is 0.787. The lowest BCUT2D eigenvalue weighted by molar-refractivity contribution is -0.113. The summed E-state index contributed by atoms with van der Waals surface area (Å²) < 4.78 is 13.2. The average molecular weight is 468 g/mol. The van der Waals surface area contributed by atoms with Gasteiger partial charge in [-0.15, -0.1) is 0 Å². The molecule has 0 saturated heterocycles. The van der Waals surface area contributed by atoms with Crippen LogP contribution in [0.4, 0.5) is 11.6 Å². The molecule has 2 aliphatic heterocycles. The van der Waals surface area contributed by atoms with Gasteiger partial charge in [-0.2, -0.15) is 10.1 Å². The van der Waals surface area contributed by atoms with E-state index in [4.69, 9.17) is 21.1 Å². The van der Waals surface area contributed by atoms with Gasteiger partial charge in [0, 0.05) is 12.1 Å². The van der Waals surface area contributed by atoms with Gasteiger partial charge < -0.3 is 25.2 Å². The third-order valence-electron chi connectivity index (χ3n) is 5.49. The monoisotopic (exact) mass is 467 g/mol. The molecule has 3 aromatic rings. The van der Waals surface area contributed by atoms with Crippen LogP contribution in [0, 0.1) is 0 Å². The number of carbonyl (C=O) groups excluding carboxylic acids is 1. The van der Waals surface area contributed by atoms with Crippen LogP contribution in [-0.2, 0) is 11.4 Å². The number of aliphatic hydroxyl groups excluding tert-OH is 1. The Hall–Kier alpha value is -3.56. The van der Waals surface area contributed by atoms with Crippen LogP contribution in [0.5, 0.6) is 11.5 Å². The Kier molecular flexibility index (Phi) is 5.65. The zero-order chi connectivity index (χ0) is 22.9. The van der Waals surface area contributed by atoms with Crippen LogP contribution in [0.25, 0.3) is 0 Å². The fourth-order valence-corrected chi connectivity index (χ4v) is 4.15. The van der Waals surface area contributed by atoms with Crippen LogP contribution in [0.2, 0.25) is 5.02 Å². The van der Waals surface area contributed by atoms with E-state index in [-0.39, 0.29) is 18.3 Å². The van der Waals surface area contributed by atoms with Crippen molar-refractivity contribution in [1.29, 1.82) is 0 Å². The molecule has 1 atom stereocenters. The number of fused-ring (bicyclic) bond motifs is 2. The Balaban J connectivity index is 1.60. The predicted octanol–water partition coefficient (Wildman–Crippen LogP) is 3.51. The highest BCUT2D eigenvalue weighted by Gasteiger charge is 2.35. The lowest BCUT2D eigenvalue weighted by Gasteiger charge is -2.29. The number of nitrogens with zero attached hydrogens (tertiary/aromatic N) is 3. The molecule has 0 bridgehead atoms. The zero-order valence-corrected chi connectivity index (χ0v) is 18.6. The molecule has 1 amide bonds. The molecule has 33 heavy (non-hydrogen) atoms. The summed E-state index contributed by atoms with van der Waals surface area (Å²) in [7, 11) is 0. The van der Waals surface area contributed by atoms with Gasteiger partial charge in [0.15, 0.2) is 17.3 Å². The van der Waals surface area contributed by atoms with Crippen molar-refractivity contribution in [2.75, 3.05) is 23.8 Å². The van der Waals surface area contributed by atoms with Gasteiger partial charge in [0.05, 0.1) is 29.5 Å². The van der Waals surface area contributed by atoms with Crippen LogP contribution in [0.15, 0.2) is 53.7 Å². The number of benzene rings is 2. The maximum absolute atomic E-state index is 13.5. The molecule has 5 rings (SSSR count). The molecule has 0 radical (unpaired) electrons. The number of para-hydroxylation sites is 1. The Labute approximate surface area is 195 Å². The molecule has 3 heterocycles. The minimum absolute atomic E-state index is 0.248.